The summed E-state index contributed by atoms with van der Waals surface area (Å²) in [4.78, 5) is 16.5. The predicted octanol–water partition coefficient (Wildman–Crippen LogP) is 4.45. The SMILES string of the molecule is O=C(N[C@@H]1C2CCN(CC2)C12CC2)c1cc2ccc(Cl)c(OC3CC3)c2s1. The van der Waals surface area contributed by atoms with E-state index in [0.717, 1.165) is 33.6 Å². The van der Waals surface area contributed by atoms with E-state index in [2.05, 4.69) is 10.2 Å². The number of hydrogen-bond acceptors (Lipinski definition) is 4. The van der Waals surface area contributed by atoms with E-state index >= 15 is 0 Å². The highest BCUT2D eigenvalue weighted by Gasteiger charge is 2.60. The van der Waals surface area contributed by atoms with Gasteiger partial charge in [-0.05, 0) is 75.1 Å². The van der Waals surface area contributed by atoms with Crippen molar-refractivity contribution in [1.29, 1.82) is 0 Å². The first-order valence-electron chi connectivity index (χ1n) is 10.1. The molecule has 3 saturated heterocycles. The van der Waals surface area contributed by atoms with Gasteiger partial charge in [-0.3, -0.25) is 9.69 Å². The van der Waals surface area contributed by atoms with Crippen molar-refractivity contribution in [2.45, 2.75) is 56.2 Å². The largest absolute Gasteiger partial charge is 0.487 e. The molecule has 7 rings (SSSR count). The summed E-state index contributed by atoms with van der Waals surface area (Å²) in [6.45, 7) is 2.42. The summed E-state index contributed by atoms with van der Waals surface area (Å²) in [5, 5.41) is 5.10. The number of nitrogens with one attached hydrogen (secondary N) is 1. The van der Waals surface area contributed by atoms with Gasteiger partial charge in [0.15, 0.2) is 5.75 Å². The monoisotopic (exact) mass is 402 g/mol. The number of ether oxygens (including phenoxy) is 1. The zero-order chi connectivity index (χ0) is 18.2. The second-order valence-corrected chi connectivity index (χ2v) is 10.1. The van der Waals surface area contributed by atoms with E-state index in [1.54, 1.807) is 0 Å². The van der Waals surface area contributed by atoms with Crippen molar-refractivity contribution in [3.05, 3.63) is 28.1 Å². The number of rotatable bonds is 4. The smallest absolute Gasteiger partial charge is 0.261 e. The van der Waals surface area contributed by atoms with E-state index < -0.39 is 0 Å². The van der Waals surface area contributed by atoms with E-state index in [9.17, 15) is 4.79 Å². The Hall–Kier alpha value is -1.30. The number of benzene rings is 1. The van der Waals surface area contributed by atoms with E-state index in [-0.39, 0.29) is 17.6 Å². The minimum atomic E-state index is 0.0646. The minimum Gasteiger partial charge on any atom is -0.487 e. The molecule has 3 aliphatic heterocycles. The minimum absolute atomic E-state index is 0.0646. The molecule has 5 aliphatic rings. The van der Waals surface area contributed by atoms with Crippen molar-refractivity contribution in [3.8, 4) is 5.75 Å². The third-order valence-electron chi connectivity index (χ3n) is 6.89. The van der Waals surface area contributed by atoms with Gasteiger partial charge in [0.25, 0.3) is 5.91 Å². The Balaban J connectivity index is 1.29. The maximum Gasteiger partial charge on any atom is 0.261 e. The number of fused-ring (bicyclic) bond motifs is 3. The molecule has 5 fully saturated rings. The summed E-state index contributed by atoms with van der Waals surface area (Å²) in [5.74, 6) is 1.45. The molecule has 4 nitrogen and oxygen atoms in total. The first-order chi connectivity index (χ1) is 13.1. The van der Waals surface area contributed by atoms with Gasteiger partial charge in [0.1, 0.15) is 0 Å². The fraction of sp³-hybridized carbons (Fsp3) is 0.571. The number of piperidine rings is 3. The van der Waals surface area contributed by atoms with Crippen LogP contribution in [0.25, 0.3) is 10.1 Å². The quantitative estimate of drug-likeness (QED) is 0.821. The first-order valence-corrected chi connectivity index (χ1v) is 11.3. The van der Waals surface area contributed by atoms with E-state index in [4.69, 9.17) is 16.3 Å². The molecule has 2 aliphatic carbocycles. The molecule has 2 aromatic rings. The highest BCUT2D eigenvalue weighted by atomic mass is 35.5. The van der Waals surface area contributed by atoms with Crippen LogP contribution >= 0.6 is 22.9 Å². The van der Waals surface area contributed by atoms with Crippen molar-refractivity contribution >= 4 is 38.9 Å². The van der Waals surface area contributed by atoms with Gasteiger partial charge in [0, 0.05) is 5.54 Å². The Labute approximate surface area is 167 Å². The highest BCUT2D eigenvalue weighted by molar-refractivity contribution is 7.21. The predicted molar refractivity (Wildman–Crippen MR) is 108 cm³/mol. The average Bonchev–Trinajstić information content (AvgIpc) is 3.60. The van der Waals surface area contributed by atoms with Crippen LogP contribution in [0, 0.1) is 5.92 Å². The summed E-state index contributed by atoms with van der Waals surface area (Å²) in [6, 6.07) is 6.17. The normalized spacial score (nSPS) is 30.6. The van der Waals surface area contributed by atoms with E-state index in [1.165, 1.54) is 50.1 Å². The van der Waals surface area contributed by atoms with Crippen LogP contribution in [-0.4, -0.2) is 41.6 Å². The molecule has 1 aromatic carbocycles. The van der Waals surface area contributed by atoms with Crippen LogP contribution in [0.4, 0.5) is 0 Å². The first kappa shape index (κ1) is 16.6. The Kier molecular flexibility index (Phi) is 3.60. The number of carbonyl (C=O) groups is 1. The fourth-order valence-electron chi connectivity index (χ4n) is 5.16. The summed E-state index contributed by atoms with van der Waals surface area (Å²) in [5.41, 5.74) is 0.261. The van der Waals surface area contributed by atoms with Gasteiger partial charge in [0.2, 0.25) is 0 Å². The summed E-state index contributed by atoms with van der Waals surface area (Å²) >= 11 is 7.89. The van der Waals surface area contributed by atoms with Gasteiger partial charge in [-0.15, -0.1) is 11.3 Å². The van der Waals surface area contributed by atoms with Gasteiger partial charge in [-0.25, -0.2) is 0 Å². The Bertz CT molecular complexity index is 926. The molecular formula is C21H23ClN2O2S. The lowest BCUT2D eigenvalue weighted by atomic mass is 9.77. The number of amides is 1. The molecule has 0 radical (unpaired) electrons. The topological polar surface area (TPSA) is 41.6 Å². The molecule has 4 heterocycles. The maximum atomic E-state index is 13.1. The standard InChI is InChI=1S/C21H23ClN2O2S/c22-15-4-1-13-11-16(27-18(13)17(15)26-14-2-3-14)20(25)23-19-12-5-9-24(10-6-12)21(19)7-8-21/h1,4,11-12,14,19H,2-3,5-10H2,(H,23,25)/t19-/m1/s1. The van der Waals surface area contributed by atoms with Gasteiger partial charge in [0.05, 0.1) is 26.7 Å². The Morgan fingerprint density at radius 3 is 2.70 bits per heavy atom. The molecule has 27 heavy (non-hydrogen) atoms. The van der Waals surface area contributed by atoms with Crippen molar-refractivity contribution < 1.29 is 9.53 Å². The second kappa shape index (κ2) is 5.85. The lowest BCUT2D eigenvalue weighted by Gasteiger charge is -2.52. The molecule has 2 bridgehead atoms. The summed E-state index contributed by atoms with van der Waals surface area (Å²) in [6.07, 6.45) is 7.36. The van der Waals surface area contributed by atoms with Gasteiger partial charge < -0.3 is 10.1 Å². The molecule has 1 N–H and O–H groups in total. The molecule has 0 unspecified atom stereocenters. The van der Waals surface area contributed by atoms with E-state index in [0.29, 0.717) is 17.0 Å². The number of thiophene rings is 1. The average molecular weight is 403 g/mol. The Morgan fingerprint density at radius 1 is 1.22 bits per heavy atom. The lowest BCUT2D eigenvalue weighted by molar-refractivity contribution is -0.00138. The zero-order valence-electron chi connectivity index (χ0n) is 15.2. The van der Waals surface area contributed by atoms with Crippen LogP contribution in [0.2, 0.25) is 5.02 Å². The third kappa shape index (κ3) is 2.62. The summed E-state index contributed by atoms with van der Waals surface area (Å²) < 4.78 is 7.03. The number of nitrogens with zero attached hydrogens (tertiary/aromatic N) is 1. The van der Waals surface area contributed by atoms with Gasteiger partial charge >= 0.3 is 0 Å². The van der Waals surface area contributed by atoms with Crippen LogP contribution in [0.3, 0.4) is 0 Å². The van der Waals surface area contributed by atoms with Gasteiger partial charge in [-0.2, -0.15) is 0 Å². The lowest BCUT2D eigenvalue weighted by Crippen LogP contribution is -2.65. The molecule has 1 aromatic heterocycles. The molecule has 1 spiro atoms. The molecule has 142 valence electrons. The van der Waals surface area contributed by atoms with E-state index in [1.807, 2.05) is 18.2 Å². The Morgan fingerprint density at radius 2 is 2.00 bits per heavy atom. The van der Waals surface area contributed by atoms with Crippen molar-refractivity contribution in [1.82, 2.24) is 10.2 Å². The van der Waals surface area contributed by atoms with Crippen LogP contribution in [-0.2, 0) is 0 Å². The maximum absolute atomic E-state index is 13.1. The fourth-order valence-corrected chi connectivity index (χ4v) is 6.47. The molecule has 6 heteroatoms. The second-order valence-electron chi connectivity index (χ2n) is 8.60. The highest BCUT2D eigenvalue weighted by Crippen LogP contribution is 2.53. The third-order valence-corrected chi connectivity index (χ3v) is 8.34. The molecule has 2 saturated carbocycles. The summed E-state index contributed by atoms with van der Waals surface area (Å²) in [7, 11) is 0. The van der Waals surface area contributed by atoms with Gasteiger partial charge in [-0.1, -0.05) is 17.7 Å². The van der Waals surface area contributed by atoms with Crippen molar-refractivity contribution in [2.75, 3.05) is 13.1 Å². The van der Waals surface area contributed by atoms with Crippen LogP contribution in [0.1, 0.15) is 48.2 Å². The number of carbonyl (C=O) groups excluding carboxylic acids is 1. The van der Waals surface area contributed by atoms with Crippen molar-refractivity contribution in [3.63, 3.8) is 0 Å². The van der Waals surface area contributed by atoms with Crippen LogP contribution in [0.5, 0.6) is 5.75 Å². The number of halogens is 1. The van der Waals surface area contributed by atoms with Crippen LogP contribution < -0.4 is 10.1 Å². The van der Waals surface area contributed by atoms with Crippen molar-refractivity contribution in [2.24, 2.45) is 5.92 Å². The van der Waals surface area contributed by atoms with Crippen LogP contribution in [0.15, 0.2) is 18.2 Å². The molecular weight excluding hydrogens is 380 g/mol. The molecule has 1 atom stereocenters. The molecule has 1 amide bonds. The number of hydrogen-bond donors (Lipinski definition) is 1. The zero-order valence-corrected chi connectivity index (χ0v) is 16.7.